The van der Waals surface area contributed by atoms with Crippen LogP contribution in [-0.2, 0) is 0 Å². The van der Waals surface area contributed by atoms with Gasteiger partial charge in [0.1, 0.15) is 6.04 Å². The first kappa shape index (κ1) is 19.5. The highest BCUT2D eigenvalue weighted by Gasteiger charge is 2.42. The molecule has 5 rings (SSSR count). The van der Waals surface area contributed by atoms with E-state index in [0.717, 1.165) is 22.8 Å². The number of anilines is 1. The fourth-order valence-corrected chi connectivity index (χ4v) is 4.63. The van der Waals surface area contributed by atoms with Gasteiger partial charge in [-0.3, -0.25) is 4.98 Å². The standard InChI is InChI=1S/C26H24N4S/c1-18-11-13-20(14-12-18)30-25(24(28-26(30)31)22-9-3-4-15-27-22)23-10-6-16-29(23)21-8-5-7-19(2)17-21/h3-17,24-25H,1-2H3,(H,28,31)/t24-,25+/m0/s1. The Morgan fingerprint density at radius 3 is 2.42 bits per heavy atom. The van der Waals surface area contributed by atoms with E-state index in [-0.39, 0.29) is 12.1 Å². The molecule has 0 radical (unpaired) electrons. The third kappa shape index (κ3) is 3.62. The van der Waals surface area contributed by atoms with Crippen LogP contribution in [0, 0.1) is 13.8 Å². The lowest BCUT2D eigenvalue weighted by Crippen LogP contribution is -2.30. The van der Waals surface area contributed by atoms with Crippen LogP contribution in [0.2, 0.25) is 0 Å². The first-order chi connectivity index (χ1) is 15.1. The van der Waals surface area contributed by atoms with Gasteiger partial charge in [-0.1, -0.05) is 35.9 Å². The van der Waals surface area contributed by atoms with Crippen molar-refractivity contribution < 1.29 is 0 Å². The van der Waals surface area contributed by atoms with E-state index in [1.54, 1.807) is 0 Å². The lowest BCUT2D eigenvalue weighted by molar-refractivity contribution is 0.549. The molecule has 2 aromatic heterocycles. The van der Waals surface area contributed by atoms with E-state index in [9.17, 15) is 0 Å². The molecular formula is C26H24N4S. The van der Waals surface area contributed by atoms with Crippen LogP contribution in [0.15, 0.2) is 91.3 Å². The molecule has 2 atom stereocenters. The molecule has 1 N–H and O–H groups in total. The van der Waals surface area contributed by atoms with Crippen molar-refractivity contribution in [3.63, 3.8) is 0 Å². The number of thiocarbonyl (C=S) groups is 1. The summed E-state index contributed by atoms with van der Waals surface area (Å²) in [4.78, 5) is 6.87. The van der Waals surface area contributed by atoms with Crippen molar-refractivity contribution in [1.82, 2.24) is 14.9 Å². The van der Waals surface area contributed by atoms with Crippen molar-refractivity contribution in [3.8, 4) is 5.69 Å². The fraction of sp³-hybridized carbons (Fsp3) is 0.154. The molecule has 1 fully saturated rings. The summed E-state index contributed by atoms with van der Waals surface area (Å²) in [5, 5.41) is 4.25. The molecule has 1 saturated heterocycles. The number of benzene rings is 2. The zero-order valence-corrected chi connectivity index (χ0v) is 18.4. The molecule has 0 spiro atoms. The molecule has 31 heavy (non-hydrogen) atoms. The highest BCUT2D eigenvalue weighted by Crippen LogP contribution is 2.42. The predicted molar refractivity (Wildman–Crippen MR) is 130 cm³/mol. The summed E-state index contributed by atoms with van der Waals surface area (Å²) >= 11 is 5.84. The van der Waals surface area contributed by atoms with E-state index < -0.39 is 0 Å². The Labute approximate surface area is 188 Å². The Morgan fingerprint density at radius 2 is 1.68 bits per heavy atom. The summed E-state index contributed by atoms with van der Waals surface area (Å²) in [5.41, 5.74) is 6.80. The van der Waals surface area contributed by atoms with Gasteiger partial charge in [-0.15, -0.1) is 0 Å². The molecule has 2 aromatic carbocycles. The van der Waals surface area contributed by atoms with Crippen LogP contribution in [0.3, 0.4) is 0 Å². The normalized spacial score (nSPS) is 18.3. The highest BCUT2D eigenvalue weighted by atomic mass is 32.1. The number of hydrogen-bond acceptors (Lipinski definition) is 2. The third-order valence-electron chi connectivity index (χ3n) is 5.77. The summed E-state index contributed by atoms with van der Waals surface area (Å²) in [6.07, 6.45) is 3.96. The predicted octanol–water partition coefficient (Wildman–Crippen LogP) is 5.67. The SMILES string of the molecule is Cc1ccc(N2C(=S)N[C@@H](c3ccccn3)[C@H]2c2cccn2-c2cccc(C)c2)cc1. The van der Waals surface area contributed by atoms with Gasteiger partial charge in [0.25, 0.3) is 0 Å². The molecule has 0 bridgehead atoms. The lowest BCUT2D eigenvalue weighted by Gasteiger charge is -2.29. The largest absolute Gasteiger partial charge is 0.351 e. The van der Waals surface area contributed by atoms with Gasteiger partial charge in [-0.2, -0.15) is 0 Å². The number of nitrogens with zero attached hydrogens (tertiary/aromatic N) is 3. The Morgan fingerprint density at radius 1 is 0.839 bits per heavy atom. The lowest BCUT2D eigenvalue weighted by atomic mass is 10.0. The second kappa shape index (κ2) is 8.00. The quantitative estimate of drug-likeness (QED) is 0.428. The minimum atomic E-state index is -0.0616. The van der Waals surface area contributed by atoms with E-state index in [0.29, 0.717) is 5.11 Å². The van der Waals surface area contributed by atoms with Crippen LogP contribution in [0.4, 0.5) is 5.69 Å². The fourth-order valence-electron chi connectivity index (χ4n) is 4.29. The Balaban J connectivity index is 1.67. The Bertz CT molecular complexity index is 1210. The molecule has 5 heteroatoms. The van der Waals surface area contributed by atoms with Crippen LogP contribution >= 0.6 is 12.2 Å². The average Bonchev–Trinajstić information content (AvgIpc) is 3.39. The molecule has 3 heterocycles. The molecule has 0 unspecified atom stereocenters. The van der Waals surface area contributed by atoms with E-state index in [1.807, 2.05) is 18.3 Å². The van der Waals surface area contributed by atoms with Crippen molar-refractivity contribution in [2.45, 2.75) is 25.9 Å². The van der Waals surface area contributed by atoms with Crippen molar-refractivity contribution >= 4 is 23.0 Å². The van der Waals surface area contributed by atoms with Crippen LogP contribution < -0.4 is 10.2 Å². The van der Waals surface area contributed by atoms with Gasteiger partial charge in [0, 0.05) is 29.5 Å². The molecule has 1 aliphatic heterocycles. The van der Waals surface area contributed by atoms with Crippen LogP contribution in [0.25, 0.3) is 5.69 Å². The number of pyridine rings is 1. The van der Waals surface area contributed by atoms with E-state index in [2.05, 4.69) is 107 Å². The van der Waals surface area contributed by atoms with Gasteiger partial charge in [-0.05, 0) is 80.2 Å². The van der Waals surface area contributed by atoms with Crippen molar-refractivity contribution in [2.24, 2.45) is 0 Å². The molecular weight excluding hydrogens is 400 g/mol. The Hall–Kier alpha value is -3.44. The molecule has 0 aliphatic carbocycles. The monoisotopic (exact) mass is 424 g/mol. The average molecular weight is 425 g/mol. The van der Waals surface area contributed by atoms with Gasteiger partial charge in [0.15, 0.2) is 5.11 Å². The summed E-state index contributed by atoms with van der Waals surface area (Å²) in [5.74, 6) is 0. The molecule has 4 nitrogen and oxygen atoms in total. The first-order valence-corrected chi connectivity index (χ1v) is 10.8. The maximum Gasteiger partial charge on any atom is 0.174 e. The summed E-state index contributed by atoms with van der Waals surface area (Å²) in [6, 6.07) is 27.3. The van der Waals surface area contributed by atoms with E-state index in [4.69, 9.17) is 12.2 Å². The van der Waals surface area contributed by atoms with Gasteiger partial charge in [0.05, 0.1) is 11.7 Å². The van der Waals surface area contributed by atoms with Crippen molar-refractivity contribution in [1.29, 1.82) is 0 Å². The maximum atomic E-state index is 5.84. The number of hydrogen-bond donors (Lipinski definition) is 1. The van der Waals surface area contributed by atoms with E-state index >= 15 is 0 Å². The zero-order chi connectivity index (χ0) is 21.4. The number of aryl methyl sites for hydroxylation is 2. The molecule has 154 valence electrons. The van der Waals surface area contributed by atoms with Crippen LogP contribution in [-0.4, -0.2) is 14.7 Å². The second-order valence-corrected chi connectivity index (χ2v) is 8.36. The summed E-state index contributed by atoms with van der Waals surface area (Å²) < 4.78 is 2.25. The number of rotatable bonds is 4. The van der Waals surface area contributed by atoms with Crippen molar-refractivity contribution in [3.05, 3.63) is 114 Å². The number of aromatic nitrogens is 2. The smallest absolute Gasteiger partial charge is 0.174 e. The van der Waals surface area contributed by atoms with Gasteiger partial charge in [-0.25, -0.2) is 0 Å². The van der Waals surface area contributed by atoms with E-state index in [1.165, 1.54) is 11.1 Å². The Kier molecular flexibility index (Phi) is 5.04. The minimum Gasteiger partial charge on any atom is -0.351 e. The topological polar surface area (TPSA) is 33.1 Å². The summed E-state index contributed by atoms with van der Waals surface area (Å²) in [7, 11) is 0. The van der Waals surface area contributed by atoms with Crippen LogP contribution in [0.1, 0.15) is 34.6 Å². The zero-order valence-electron chi connectivity index (χ0n) is 17.6. The molecule has 0 saturated carbocycles. The van der Waals surface area contributed by atoms with Gasteiger partial charge < -0.3 is 14.8 Å². The maximum absolute atomic E-state index is 5.84. The van der Waals surface area contributed by atoms with Crippen molar-refractivity contribution in [2.75, 3.05) is 4.90 Å². The molecule has 0 amide bonds. The highest BCUT2D eigenvalue weighted by molar-refractivity contribution is 7.80. The van der Waals surface area contributed by atoms with Gasteiger partial charge in [0.2, 0.25) is 0 Å². The third-order valence-corrected chi connectivity index (χ3v) is 6.09. The molecule has 1 aliphatic rings. The first-order valence-electron chi connectivity index (χ1n) is 10.4. The number of nitrogens with one attached hydrogen (secondary N) is 1. The minimum absolute atomic E-state index is 0.0411. The molecule has 4 aromatic rings. The second-order valence-electron chi connectivity index (χ2n) is 7.97. The van der Waals surface area contributed by atoms with Crippen LogP contribution in [0.5, 0.6) is 0 Å². The summed E-state index contributed by atoms with van der Waals surface area (Å²) in [6.45, 7) is 4.22. The van der Waals surface area contributed by atoms with Gasteiger partial charge >= 0.3 is 0 Å².